The summed E-state index contributed by atoms with van der Waals surface area (Å²) in [6.45, 7) is 0.635. The van der Waals surface area contributed by atoms with Crippen LogP contribution in [0.2, 0.25) is 0 Å². The topological polar surface area (TPSA) is 113 Å². The molecule has 2 N–H and O–H groups in total. The summed E-state index contributed by atoms with van der Waals surface area (Å²) in [6, 6.07) is 8.12. The Balaban J connectivity index is 1.40. The zero-order valence-corrected chi connectivity index (χ0v) is 19.0. The van der Waals surface area contributed by atoms with Crippen molar-refractivity contribution in [1.82, 2.24) is 14.7 Å². The number of nitrogens with zero attached hydrogens (tertiary/aromatic N) is 3. The van der Waals surface area contributed by atoms with Gasteiger partial charge in [0.15, 0.2) is 0 Å². The van der Waals surface area contributed by atoms with E-state index in [0.29, 0.717) is 24.5 Å². The van der Waals surface area contributed by atoms with E-state index < -0.39 is 10.0 Å². The van der Waals surface area contributed by atoms with Crippen LogP contribution in [0.15, 0.2) is 57.0 Å². The van der Waals surface area contributed by atoms with Crippen molar-refractivity contribution in [3.63, 3.8) is 0 Å². The van der Waals surface area contributed by atoms with Crippen molar-refractivity contribution >= 4 is 60.8 Å². The number of carbonyl (C=O) groups excluding carboxylic acids is 1. The molecular weight excluding hydrogens is 454 g/mol. The van der Waals surface area contributed by atoms with E-state index >= 15 is 0 Å². The Labute approximate surface area is 188 Å². The minimum atomic E-state index is -3.76. The van der Waals surface area contributed by atoms with Gasteiger partial charge in [0, 0.05) is 18.7 Å². The van der Waals surface area contributed by atoms with Gasteiger partial charge in [0.05, 0.1) is 20.9 Å². The first-order valence-electron chi connectivity index (χ1n) is 9.78. The molecule has 3 heterocycles. The molecule has 1 aliphatic rings. The lowest BCUT2D eigenvalue weighted by atomic mass is 10.2. The number of thioether (sulfide) groups is 1. The lowest BCUT2D eigenvalue weighted by molar-refractivity contribution is -0.113. The van der Waals surface area contributed by atoms with E-state index in [0.717, 1.165) is 34.5 Å². The fraction of sp³-hybridized carbons (Fsp3) is 0.300. The standard InChI is InChI=1S/C20H21N5O3S3/c26-18(12-30-20-19-16(8-10-29-19)22-13-23-20)24-14-5-4-6-15(11-14)31(27,28)25-17-7-2-1-3-9-21-17/h4-6,8,10-11,13H,1-3,7,9,12H2,(H,21,25)(H,24,26). The Bertz CT molecular complexity index is 1220. The molecule has 0 saturated heterocycles. The number of carbonyl (C=O) groups is 1. The number of nitrogens with one attached hydrogen (secondary N) is 2. The molecule has 162 valence electrons. The van der Waals surface area contributed by atoms with E-state index in [4.69, 9.17) is 0 Å². The third-order valence-electron chi connectivity index (χ3n) is 4.61. The first kappa shape index (κ1) is 21.7. The molecule has 0 atom stereocenters. The van der Waals surface area contributed by atoms with Gasteiger partial charge in [-0.15, -0.1) is 11.3 Å². The number of rotatable bonds is 6. The molecule has 2 aromatic heterocycles. The van der Waals surface area contributed by atoms with Crippen LogP contribution in [0.4, 0.5) is 5.69 Å². The molecule has 4 rings (SSSR count). The fourth-order valence-electron chi connectivity index (χ4n) is 3.11. The van der Waals surface area contributed by atoms with Crippen LogP contribution >= 0.6 is 23.1 Å². The summed E-state index contributed by atoms with van der Waals surface area (Å²) in [6.07, 6.45) is 5.03. The Morgan fingerprint density at radius 1 is 1.16 bits per heavy atom. The average molecular weight is 476 g/mol. The number of amides is 1. The van der Waals surface area contributed by atoms with Gasteiger partial charge in [-0.1, -0.05) is 24.2 Å². The van der Waals surface area contributed by atoms with Crippen LogP contribution < -0.4 is 10.0 Å². The van der Waals surface area contributed by atoms with E-state index in [1.165, 1.54) is 41.6 Å². The van der Waals surface area contributed by atoms with Gasteiger partial charge in [0.25, 0.3) is 10.0 Å². The van der Waals surface area contributed by atoms with Gasteiger partial charge in [0.2, 0.25) is 5.91 Å². The number of hydrogen-bond acceptors (Lipinski definition) is 8. The molecule has 31 heavy (non-hydrogen) atoms. The maximum atomic E-state index is 12.7. The summed E-state index contributed by atoms with van der Waals surface area (Å²) < 4.78 is 29.0. The molecule has 8 nitrogen and oxygen atoms in total. The quantitative estimate of drug-likeness (QED) is 0.415. The number of sulfonamides is 1. The molecule has 0 radical (unpaired) electrons. The van der Waals surface area contributed by atoms with Crippen LogP contribution in [0.5, 0.6) is 0 Å². The zero-order valence-electron chi connectivity index (χ0n) is 16.6. The predicted molar refractivity (Wildman–Crippen MR) is 124 cm³/mol. The van der Waals surface area contributed by atoms with E-state index in [2.05, 4.69) is 25.0 Å². The van der Waals surface area contributed by atoms with Gasteiger partial charge in [0.1, 0.15) is 17.2 Å². The average Bonchev–Trinajstić information content (AvgIpc) is 3.10. The van der Waals surface area contributed by atoms with Crippen molar-refractivity contribution < 1.29 is 13.2 Å². The van der Waals surface area contributed by atoms with Gasteiger partial charge in [-0.05, 0) is 42.5 Å². The first-order chi connectivity index (χ1) is 15.0. The van der Waals surface area contributed by atoms with Crippen molar-refractivity contribution in [3.8, 4) is 0 Å². The maximum absolute atomic E-state index is 12.7. The van der Waals surface area contributed by atoms with E-state index in [1.54, 1.807) is 12.1 Å². The smallest absolute Gasteiger partial charge is 0.262 e. The SMILES string of the molecule is O=C(CSc1ncnc2ccsc12)Nc1cccc(S(=O)(=O)NC2=NCCCCC2)c1. The normalized spacial score (nSPS) is 14.6. The number of anilines is 1. The molecule has 0 spiro atoms. The first-order valence-corrected chi connectivity index (χ1v) is 13.1. The number of benzene rings is 1. The highest BCUT2D eigenvalue weighted by Gasteiger charge is 2.18. The van der Waals surface area contributed by atoms with Crippen molar-refractivity contribution in [2.24, 2.45) is 4.99 Å². The molecule has 3 aromatic rings. The van der Waals surface area contributed by atoms with E-state index in [1.807, 2.05) is 11.4 Å². The third kappa shape index (κ3) is 5.60. The number of aliphatic imine (C=N–C) groups is 1. The summed E-state index contributed by atoms with van der Waals surface area (Å²) in [5, 5.41) is 5.44. The Morgan fingerprint density at radius 2 is 2.06 bits per heavy atom. The zero-order chi connectivity index (χ0) is 21.7. The molecule has 0 bridgehead atoms. The summed E-state index contributed by atoms with van der Waals surface area (Å²) in [7, 11) is -3.76. The molecule has 0 aliphatic carbocycles. The van der Waals surface area contributed by atoms with Crippen LogP contribution in [0, 0.1) is 0 Å². The second-order valence-electron chi connectivity index (χ2n) is 6.92. The highest BCUT2D eigenvalue weighted by Crippen LogP contribution is 2.28. The number of thiophene rings is 1. The second-order valence-corrected chi connectivity index (χ2v) is 10.5. The Kier molecular flexibility index (Phi) is 6.83. The number of aromatic nitrogens is 2. The van der Waals surface area contributed by atoms with Gasteiger partial charge >= 0.3 is 0 Å². The van der Waals surface area contributed by atoms with Gasteiger partial charge in [-0.3, -0.25) is 14.5 Å². The van der Waals surface area contributed by atoms with Gasteiger partial charge < -0.3 is 5.32 Å². The van der Waals surface area contributed by atoms with Crippen molar-refractivity contribution in [1.29, 1.82) is 0 Å². The molecule has 0 fully saturated rings. The van der Waals surface area contributed by atoms with Gasteiger partial charge in [-0.25, -0.2) is 18.4 Å². The maximum Gasteiger partial charge on any atom is 0.262 e. The molecule has 0 unspecified atom stereocenters. The second kappa shape index (κ2) is 9.75. The summed E-state index contributed by atoms with van der Waals surface area (Å²) >= 11 is 2.85. The minimum Gasteiger partial charge on any atom is -0.325 e. The highest BCUT2D eigenvalue weighted by molar-refractivity contribution is 8.00. The fourth-order valence-corrected chi connectivity index (χ4v) is 5.99. The van der Waals surface area contributed by atoms with Crippen LogP contribution in [0.25, 0.3) is 10.2 Å². The minimum absolute atomic E-state index is 0.0843. The Hall–Kier alpha value is -2.50. The molecule has 1 aliphatic heterocycles. The van der Waals surface area contributed by atoms with E-state index in [9.17, 15) is 13.2 Å². The summed E-state index contributed by atoms with van der Waals surface area (Å²) in [4.78, 5) is 25.3. The van der Waals surface area contributed by atoms with Crippen molar-refractivity contribution in [2.45, 2.75) is 35.6 Å². The number of amidine groups is 1. The largest absolute Gasteiger partial charge is 0.325 e. The highest BCUT2D eigenvalue weighted by atomic mass is 32.2. The number of fused-ring (bicyclic) bond motifs is 1. The Morgan fingerprint density at radius 3 is 2.97 bits per heavy atom. The number of hydrogen-bond donors (Lipinski definition) is 2. The molecule has 1 amide bonds. The summed E-state index contributed by atoms with van der Waals surface area (Å²) in [5.41, 5.74) is 1.27. The molecular formula is C20H21N5O3S3. The van der Waals surface area contributed by atoms with Crippen LogP contribution in [-0.4, -0.2) is 42.4 Å². The lowest BCUT2D eigenvalue weighted by Gasteiger charge is -2.11. The predicted octanol–water partition coefficient (Wildman–Crippen LogP) is 3.67. The summed E-state index contributed by atoms with van der Waals surface area (Å²) in [5.74, 6) is 0.396. The van der Waals surface area contributed by atoms with Crippen LogP contribution in [-0.2, 0) is 14.8 Å². The third-order valence-corrected chi connectivity index (χ3v) is 8.01. The van der Waals surface area contributed by atoms with E-state index in [-0.39, 0.29) is 16.6 Å². The van der Waals surface area contributed by atoms with Gasteiger partial charge in [-0.2, -0.15) is 0 Å². The lowest BCUT2D eigenvalue weighted by Crippen LogP contribution is -2.30. The molecule has 1 aromatic carbocycles. The van der Waals surface area contributed by atoms with Crippen molar-refractivity contribution in [3.05, 3.63) is 42.0 Å². The van der Waals surface area contributed by atoms with Crippen LogP contribution in [0.3, 0.4) is 0 Å². The molecule has 0 saturated carbocycles. The monoisotopic (exact) mass is 475 g/mol. The molecule has 11 heteroatoms. The van der Waals surface area contributed by atoms with Crippen molar-refractivity contribution in [2.75, 3.05) is 17.6 Å². The van der Waals surface area contributed by atoms with Crippen LogP contribution in [0.1, 0.15) is 25.7 Å².